The number of ether oxygens (including phenoxy) is 1. The Morgan fingerprint density at radius 1 is 1.59 bits per heavy atom. The van der Waals surface area contributed by atoms with Crippen molar-refractivity contribution in [2.45, 2.75) is 25.4 Å². The highest BCUT2D eigenvalue weighted by molar-refractivity contribution is 7.12. The van der Waals surface area contributed by atoms with Crippen molar-refractivity contribution >= 4 is 17.2 Å². The summed E-state index contributed by atoms with van der Waals surface area (Å²) in [6, 6.07) is 4.07. The molecule has 1 aliphatic rings. The van der Waals surface area contributed by atoms with Crippen molar-refractivity contribution in [3.8, 4) is 0 Å². The van der Waals surface area contributed by atoms with Crippen molar-refractivity contribution in [2.75, 3.05) is 20.3 Å². The molecule has 1 saturated heterocycles. The normalized spacial score (nSPS) is 24.6. The van der Waals surface area contributed by atoms with Crippen molar-refractivity contribution in [2.24, 2.45) is 5.73 Å². The van der Waals surface area contributed by atoms with Gasteiger partial charge < -0.3 is 15.4 Å². The van der Waals surface area contributed by atoms with Gasteiger partial charge >= 0.3 is 0 Å². The van der Waals surface area contributed by atoms with Gasteiger partial charge in [0.1, 0.15) is 0 Å². The molecule has 1 aromatic heterocycles. The number of carbonyl (C=O) groups is 1. The van der Waals surface area contributed by atoms with Gasteiger partial charge in [-0.25, -0.2) is 0 Å². The summed E-state index contributed by atoms with van der Waals surface area (Å²) in [5, 5.41) is 0. The SMILES string of the molecule is COCCN1C(=O)CC(N)C1c1ccc(C)s1. The van der Waals surface area contributed by atoms with E-state index in [4.69, 9.17) is 10.5 Å². The molecule has 0 spiro atoms. The largest absolute Gasteiger partial charge is 0.383 e. The monoisotopic (exact) mass is 254 g/mol. The Balaban J connectivity index is 2.19. The first kappa shape index (κ1) is 12.5. The molecular formula is C12H18N2O2S. The van der Waals surface area contributed by atoms with E-state index in [1.165, 1.54) is 9.75 Å². The summed E-state index contributed by atoms with van der Waals surface area (Å²) in [5.41, 5.74) is 6.08. The van der Waals surface area contributed by atoms with Crippen LogP contribution in [-0.2, 0) is 9.53 Å². The zero-order valence-corrected chi connectivity index (χ0v) is 11.0. The van der Waals surface area contributed by atoms with Crippen molar-refractivity contribution < 1.29 is 9.53 Å². The summed E-state index contributed by atoms with van der Waals surface area (Å²) in [6.45, 7) is 3.24. The second-order valence-electron chi connectivity index (χ2n) is 4.34. The summed E-state index contributed by atoms with van der Waals surface area (Å²) in [7, 11) is 1.64. The second kappa shape index (κ2) is 5.16. The van der Waals surface area contributed by atoms with Crippen LogP contribution in [-0.4, -0.2) is 37.1 Å². The molecule has 0 saturated carbocycles. The molecule has 2 atom stereocenters. The predicted octanol–water partition coefficient (Wildman–Crippen LogP) is 1.30. The van der Waals surface area contributed by atoms with E-state index < -0.39 is 0 Å². The molecule has 5 heteroatoms. The average molecular weight is 254 g/mol. The van der Waals surface area contributed by atoms with Crippen LogP contribution in [0.1, 0.15) is 22.2 Å². The van der Waals surface area contributed by atoms with E-state index in [-0.39, 0.29) is 18.0 Å². The zero-order chi connectivity index (χ0) is 12.4. The lowest BCUT2D eigenvalue weighted by molar-refractivity contribution is -0.129. The topological polar surface area (TPSA) is 55.6 Å². The fourth-order valence-corrected chi connectivity index (χ4v) is 3.31. The highest BCUT2D eigenvalue weighted by Gasteiger charge is 2.38. The Bertz CT molecular complexity index is 405. The van der Waals surface area contributed by atoms with Gasteiger partial charge in [0.25, 0.3) is 0 Å². The summed E-state index contributed by atoms with van der Waals surface area (Å²) >= 11 is 1.71. The lowest BCUT2D eigenvalue weighted by Gasteiger charge is -2.25. The van der Waals surface area contributed by atoms with Crippen LogP contribution in [0.5, 0.6) is 0 Å². The number of methoxy groups -OCH3 is 1. The number of hydrogen-bond acceptors (Lipinski definition) is 4. The number of nitrogens with two attached hydrogens (primary N) is 1. The molecule has 2 rings (SSSR count). The zero-order valence-electron chi connectivity index (χ0n) is 10.2. The summed E-state index contributed by atoms with van der Waals surface area (Å²) in [5.74, 6) is 0.130. The molecule has 4 nitrogen and oxygen atoms in total. The van der Waals surface area contributed by atoms with E-state index in [2.05, 4.69) is 19.1 Å². The molecule has 0 bridgehead atoms. The summed E-state index contributed by atoms with van der Waals surface area (Å²) < 4.78 is 5.05. The van der Waals surface area contributed by atoms with Gasteiger partial charge in [0.15, 0.2) is 0 Å². The van der Waals surface area contributed by atoms with Crippen molar-refractivity contribution in [3.05, 3.63) is 21.9 Å². The van der Waals surface area contributed by atoms with E-state index in [9.17, 15) is 4.79 Å². The molecule has 2 N–H and O–H groups in total. The van der Waals surface area contributed by atoms with Gasteiger partial charge in [-0.3, -0.25) is 4.79 Å². The average Bonchev–Trinajstić information content (AvgIpc) is 2.80. The molecule has 2 unspecified atom stereocenters. The van der Waals surface area contributed by atoms with Crippen LogP contribution in [0.4, 0.5) is 0 Å². The smallest absolute Gasteiger partial charge is 0.224 e. The van der Waals surface area contributed by atoms with Crippen LogP contribution in [0, 0.1) is 6.92 Å². The molecule has 1 aromatic rings. The molecule has 0 aromatic carbocycles. The van der Waals surface area contributed by atoms with E-state index in [0.717, 1.165) is 0 Å². The minimum absolute atomic E-state index is 0.0244. The molecule has 1 fully saturated rings. The molecule has 1 aliphatic heterocycles. The van der Waals surface area contributed by atoms with Crippen molar-refractivity contribution in [1.29, 1.82) is 0 Å². The number of likely N-dealkylation sites (tertiary alicyclic amines) is 1. The Kier molecular flexibility index (Phi) is 3.81. The van der Waals surface area contributed by atoms with Gasteiger partial charge in [-0.1, -0.05) is 0 Å². The number of aryl methyl sites for hydroxylation is 1. The lowest BCUT2D eigenvalue weighted by atomic mass is 10.1. The molecule has 0 aliphatic carbocycles. The molecule has 17 heavy (non-hydrogen) atoms. The first-order valence-electron chi connectivity index (χ1n) is 5.74. The third-order valence-electron chi connectivity index (χ3n) is 3.06. The summed E-state index contributed by atoms with van der Waals surface area (Å²) in [4.78, 5) is 16.1. The van der Waals surface area contributed by atoms with Crippen LogP contribution < -0.4 is 5.73 Å². The van der Waals surface area contributed by atoms with Crippen LogP contribution in [0.3, 0.4) is 0 Å². The minimum atomic E-state index is -0.0996. The fourth-order valence-electron chi connectivity index (χ4n) is 2.25. The maximum absolute atomic E-state index is 11.9. The molecule has 94 valence electrons. The number of hydrogen-bond donors (Lipinski definition) is 1. The molecule has 1 amide bonds. The third kappa shape index (κ3) is 2.51. The molecule has 0 radical (unpaired) electrons. The Morgan fingerprint density at radius 2 is 2.35 bits per heavy atom. The van der Waals surface area contributed by atoms with E-state index in [1.54, 1.807) is 18.4 Å². The molecular weight excluding hydrogens is 236 g/mol. The van der Waals surface area contributed by atoms with Gasteiger partial charge in [-0.2, -0.15) is 0 Å². The van der Waals surface area contributed by atoms with Crippen LogP contribution in [0.2, 0.25) is 0 Å². The maximum atomic E-state index is 11.9. The van der Waals surface area contributed by atoms with E-state index in [0.29, 0.717) is 19.6 Å². The molecule has 2 heterocycles. The third-order valence-corrected chi connectivity index (χ3v) is 4.13. The van der Waals surface area contributed by atoms with Gasteiger partial charge in [0, 0.05) is 35.9 Å². The van der Waals surface area contributed by atoms with Gasteiger partial charge in [-0.05, 0) is 19.1 Å². The highest BCUT2D eigenvalue weighted by Crippen LogP contribution is 2.35. The fraction of sp³-hybridized carbons (Fsp3) is 0.583. The second-order valence-corrected chi connectivity index (χ2v) is 5.66. The quantitative estimate of drug-likeness (QED) is 0.881. The highest BCUT2D eigenvalue weighted by atomic mass is 32.1. The van der Waals surface area contributed by atoms with Crippen LogP contribution >= 0.6 is 11.3 Å². The standard InChI is InChI=1S/C12H18N2O2S/c1-8-3-4-10(17-8)12-9(13)7-11(15)14(12)5-6-16-2/h3-4,9,12H,5-7,13H2,1-2H3. The first-order chi connectivity index (χ1) is 8.13. The van der Waals surface area contributed by atoms with E-state index >= 15 is 0 Å². The Morgan fingerprint density at radius 3 is 2.94 bits per heavy atom. The Hall–Kier alpha value is -0.910. The minimum Gasteiger partial charge on any atom is -0.383 e. The number of amides is 1. The lowest BCUT2D eigenvalue weighted by Crippen LogP contribution is -2.34. The van der Waals surface area contributed by atoms with Crippen LogP contribution in [0.15, 0.2) is 12.1 Å². The number of carbonyl (C=O) groups excluding carboxylic acids is 1. The number of nitrogens with zero attached hydrogens (tertiary/aromatic N) is 1. The van der Waals surface area contributed by atoms with Crippen molar-refractivity contribution in [1.82, 2.24) is 4.90 Å². The van der Waals surface area contributed by atoms with Gasteiger partial charge in [-0.15, -0.1) is 11.3 Å². The first-order valence-corrected chi connectivity index (χ1v) is 6.55. The van der Waals surface area contributed by atoms with Crippen molar-refractivity contribution in [3.63, 3.8) is 0 Å². The van der Waals surface area contributed by atoms with Crippen LogP contribution in [0.25, 0.3) is 0 Å². The number of thiophene rings is 1. The predicted molar refractivity (Wildman–Crippen MR) is 68.0 cm³/mol. The van der Waals surface area contributed by atoms with Gasteiger partial charge in [0.05, 0.1) is 12.6 Å². The summed E-state index contributed by atoms with van der Waals surface area (Å²) in [6.07, 6.45) is 0.436. The van der Waals surface area contributed by atoms with Gasteiger partial charge in [0.2, 0.25) is 5.91 Å². The number of rotatable bonds is 4. The Labute approximate surface area is 105 Å². The maximum Gasteiger partial charge on any atom is 0.224 e. The van der Waals surface area contributed by atoms with E-state index in [1.807, 2.05) is 4.90 Å².